The number of anilines is 1. The van der Waals surface area contributed by atoms with Crippen LogP contribution < -0.4 is 5.32 Å². The molecule has 4 heteroatoms. The molecule has 1 unspecified atom stereocenters. The van der Waals surface area contributed by atoms with E-state index in [1.807, 2.05) is 30.3 Å². The fourth-order valence-corrected chi connectivity index (χ4v) is 3.16. The number of likely N-dealkylation sites (tertiary alicyclic amines) is 1. The molecule has 1 fully saturated rings. The molecule has 2 N–H and O–H groups in total. The van der Waals surface area contributed by atoms with E-state index in [1.165, 1.54) is 5.69 Å². The van der Waals surface area contributed by atoms with Gasteiger partial charge in [-0.2, -0.15) is 5.26 Å². The van der Waals surface area contributed by atoms with E-state index >= 15 is 0 Å². The molecule has 1 aliphatic rings. The van der Waals surface area contributed by atoms with Crippen molar-refractivity contribution in [2.24, 2.45) is 0 Å². The predicted molar refractivity (Wildman–Crippen MR) is 95.6 cm³/mol. The Balaban J connectivity index is 1.47. The molecule has 4 nitrogen and oxygen atoms in total. The average molecular weight is 321 g/mol. The normalized spacial score (nSPS) is 17.2. The summed E-state index contributed by atoms with van der Waals surface area (Å²) in [6, 6.07) is 20.1. The number of para-hydroxylation sites is 1. The quantitative estimate of drug-likeness (QED) is 0.888. The third-order valence-electron chi connectivity index (χ3n) is 4.59. The van der Waals surface area contributed by atoms with Crippen LogP contribution in [0.3, 0.4) is 0 Å². The summed E-state index contributed by atoms with van der Waals surface area (Å²) in [5, 5.41) is 22.8. The number of benzene rings is 2. The number of aliphatic hydroxyl groups is 1. The largest absolute Gasteiger partial charge is 0.387 e. The Labute approximate surface area is 143 Å². The highest BCUT2D eigenvalue weighted by molar-refractivity contribution is 5.43. The monoisotopic (exact) mass is 321 g/mol. The van der Waals surface area contributed by atoms with Crippen molar-refractivity contribution in [3.8, 4) is 6.07 Å². The van der Waals surface area contributed by atoms with Gasteiger partial charge in [-0.15, -0.1) is 0 Å². The Hall–Kier alpha value is -2.35. The van der Waals surface area contributed by atoms with Gasteiger partial charge in [-0.1, -0.05) is 30.3 Å². The summed E-state index contributed by atoms with van der Waals surface area (Å²) in [4.78, 5) is 2.31. The highest BCUT2D eigenvalue weighted by Gasteiger charge is 2.21. The molecule has 0 saturated carbocycles. The van der Waals surface area contributed by atoms with Crippen LogP contribution >= 0.6 is 0 Å². The van der Waals surface area contributed by atoms with Crippen molar-refractivity contribution >= 4 is 5.69 Å². The summed E-state index contributed by atoms with van der Waals surface area (Å²) < 4.78 is 0. The first kappa shape index (κ1) is 16.5. The van der Waals surface area contributed by atoms with Gasteiger partial charge < -0.3 is 15.3 Å². The van der Waals surface area contributed by atoms with Gasteiger partial charge in [-0.25, -0.2) is 0 Å². The van der Waals surface area contributed by atoms with Crippen LogP contribution in [-0.4, -0.2) is 35.7 Å². The molecule has 124 valence electrons. The van der Waals surface area contributed by atoms with E-state index in [1.54, 1.807) is 12.1 Å². The number of rotatable bonds is 5. The molecule has 24 heavy (non-hydrogen) atoms. The van der Waals surface area contributed by atoms with Crippen molar-refractivity contribution in [2.75, 3.05) is 25.0 Å². The maximum atomic E-state index is 10.4. The molecule has 0 spiro atoms. The van der Waals surface area contributed by atoms with Gasteiger partial charge in [0, 0.05) is 31.4 Å². The minimum atomic E-state index is -0.503. The predicted octanol–water partition coefficient (Wildman–Crippen LogP) is 3.17. The van der Waals surface area contributed by atoms with E-state index in [4.69, 9.17) is 5.26 Å². The third-order valence-corrected chi connectivity index (χ3v) is 4.59. The first-order chi connectivity index (χ1) is 11.7. The van der Waals surface area contributed by atoms with Gasteiger partial charge in [-0.05, 0) is 42.7 Å². The Kier molecular flexibility index (Phi) is 5.47. The fourth-order valence-electron chi connectivity index (χ4n) is 3.16. The second-order valence-electron chi connectivity index (χ2n) is 6.33. The van der Waals surface area contributed by atoms with Crippen LogP contribution in [-0.2, 0) is 0 Å². The average Bonchev–Trinajstić information content (AvgIpc) is 2.64. The summed E-state index contributed by atoms with van der Waals surface area (Å²) in [7, 11) is 0. The van der Waals surface area contributed by atoms with Gasteiger partial charge in [0.2, 0.25) is 0 Å². The Morgan fingerprint density at radius 3 is 2.38 bits per heavy atom. The molecule has 2 aromatic rings. The van der Waals surface area contributed by atoms with Crippen molar-refractivity contribution in [1.82, 2.24) is 4.90 Å². The second-order valence-corrected chi connectivity index (χ2v) is 6.33. The summed E-state index contributed by atoms with van der Waals surface area (Å²) in [6.07, 6.45) is 1.65. The van der Waals surface area contributed by atoms with Gasteiger partial charge in [0.05, 0.1) is 17.7 Å². The van der Waals surface area contributed by atoms with E-state index in [0.29, 0.717) is 18.2 Å². The number of nitrogens with zero attached hydrogens (tertiary/aromatic N) is 2. The van der Waals surface area contributed by atoms with Crippen LogP contribution in [0.5, 0.6) is 0 Å². The lowest BCUT2D eigenvalue weighted by atomic mass is 10.0. The topological polar surface area (TPSA) is 59.3 Å². The molecule has 1 atom stereocenters. The van der Waals surface area contributed by atoms with Gasteiger partial charge in [-0.3, -0.25) is 0 Å². The molecule has 0 amide bonds. The molecule has 0 bridgehead atoms. The molecule has 3 rings (SSSR count). The highest BCUT2D eigenvalue weighted by atomic mass is 16.3. The number of nitriles is 1. The molecule has 1 heterocycles. The second kappa shape index (κ2) is 7.96. The number of hydrogen-bond acceptors (Lipinski definition) is 4. The van der Waals surface area contributed by atoms with E-state index in [2.05, 4.69) is 28.4 Å². The Bertz CT molecular complexity index is 670. The third kappa shape index (κ3) is 4.35. The van der Waals surface area contributed by atoms with Crippen LogP contribution in [0.1, 0.15) is 30.1 Å². The molecule has 1 aliphatic heterocycles. The van der Waals surface area contributed by atoms with Gasteiger partial charge in [0.15, 0.2) is 0 Å². The number of hydrogen-bond donors (Lipinski definition) is 2. The van der Waals surface area contributed by atoms with E-state index in [0.717, 1.165) is 31.5 Å². The summed E-state index contributed by atoms with van der Waals surface area (Å²) in [5.41, 5.74) is 2.67. The molecule has 0 aliphatic carbocycles. The highest BCUT2D eigenvalue weighted by Crippen LogP contribution is 2.20. The molecular formula is C20H23N3O. The zero-order valence-corrected chi connectivity index (χ0v) is 13.7. The molecule has 0 radical (unpaired) electrons. The van der Waals surface area contributed by atoms with Crippen LogP contribution in [0.25, 0.3) is 0 Å². The number of β-amino-alcohol motifs (C(OH)–C–C–N with tert-alkyl or cyclic N) is 1. The lowest BCUT2D eigenvalue weighted by Crippen LogP contribution is -2.40. The molecular weight excluding hydrogens is 298 g/mol. The standard InChI is InChI=1S/C20H23N3O/c21-14-16-6-8-17(9-7-16)20(24)15-23-12-10-19(11-13-23)22-18-4-2-1-3-5-18/h1-9,19-20,22,24H,10-13,15H2. The Morgan fingerprint density at radius 2 is 1.75 bits per heavy atom. The first-order valence-electron chi connectivity index (χ1n) is 8.46. The molecule has 1 saturated heterocycles. The van der Waals surface area contributed by atoms with Crippen LogP contribution in [0.2, 0.25) is 0 Å². The van der Waals surface area contributed by atoms with E-state index < -0.39 is 6.10 Å². The Morgan fingerprint density at radius 1 is 1.08 bits per heavy atom. The number of piperidine rings is 1. The van der Waals surface area contributed by atoms with Gasteiger partial charge in [0.1, 0.15) is 0 Å². The van der Waals surface area contributed by atoms with Gasteiger partial charge >= 0.3 is 0 Å². The minimum Gasteiger partial charge on any atom is -0.387 e. The number of aliphatic hydroxyl groups excluding tert-OH is 1. The minimum absolute atomic E-state index is 0.496. The van der Waals surface area contributed by atoms with Crippen molar-refractivity contribution in [1.29, 1.82) is 5.26 Å². The lowest BCUT2D eigenvalue weighted by molar-refractivity contribution is 0.0991. The van der Waals surface area contributed by atoms with Crippen molar-refractivity contribution in [2.45, 2.75) is 25.0 Å². The van der Waals surface area contributed by atoms with Gasteiger partial charge in [0.25, 0.3) is 0 Å². The number of nitrogens with one attached hydrogen (secondary N) is 1. The first-order valence-corrected chi connectivity index (χ1v) is 8.46. The zero-order valence-electron chi connectivity index (χ0n) is 13.7. The van der Waals surface area contributed by atoms with Crippen molar-refractivity contribution in [3.63, 3.8) is 0 Å². The SMILES string of the molecule is N#Cc1ccc(C(O)CN2CCC(Nc3ccccc3)CC2)cc1. The summed E-state index contributed by atoms with van der Waals surface area (Å²) in [5.74, 6) is 0. The summed E-state index contributed by atoms with van der Waals surface area (Å²) >= 11 is 0. The maximum Gasteiger partial charge on any atom is 0.0991 e. The smallest absolute Gasteiger partial charge is 0.0991 e. The molecule has 0 aromatic heterocycles. The zero-order chi connectivity index (χ0) is 16.8. The van der Waals surface area contributed by atoms with E-state index in [9.17, 15) is 5.11 Å². The van der Waals surface area contributed by atoms with Crippen molar-refractivity contribution < 1.29 is 5.11 Å². The van der Waals surface area contributed by atoms with Crippen LogP contribution in [0.4, 0.5) is 5.69 Å². The fraction of sp³-hybridized carbons (Fsp3) is 0.350. The van der Waals surface area contributed by atoms with Crippen LogP contribution in [0, 0.1) is 11.3 Å². The van der Waals surface area contributed by atoms with Crippen molar-refractivity contribution in [3.05, 3.63) is 65.7 Å². The molecule has 2 aromatic carbocycles. The summed E-state index contributed by atoms with van der Waals surface area (Å²) in [6.45, 7) is 2.61. The maximum absolute atomic E-state index is 10.4. The van der Waals surface area contributed by atoms with Crippen LogP contribution in [0.15, 0.2) is 54.6 Å². The van der Waals surface area contributed by atoms with E-state index in [-0.39, 0.29) is 0 Å². The lowest BCUT2D eigenvalue weighted by Gasteiger charge is -2.34.